The van der Waals surface area contributed by atoms with E-state index in [2.05, 4.69) is 20.3 Å². The van der Waals surface area contributed by atoms with Crippen molar-refractivity contribution in [3.05, 3.63) is 11.9 Å². The molecular weight excluding hydrogens is 346 g/mol. The van der Waals surface area contributed by atoms with Crippen molar-refractivity contribution in [1.82, 2.24) is 10.2 Å². The van der Waals surface area contributed by atoms with Crippen molar-refractivity contribution in [3.63, 3.8) is 0 Å². The zero-order chi connectivity index (χ0) is 18.2. The van der Waals surface area contributed by atoms with Gasteiger partial charge in [-0.05, 0) is 6.42 Å². The van der Waals surface area contributed by atoms with E-state index in [-0.39, 0.29) is 18.8 Å². The number of likely N-dealkylation sites (tertiary alicyclic amines) is 1. The summed E-state index contributed by atoms with van der Waals surface area (Å²) < 4.78 is 78.3. The number of carbonyl (C=O) groups excluding carboxylic acids is 1. The van der Waals surface area contributed by atoms with Crippen LogP contribution < -0.4 is 5.32 Å². The Morgan fingerprint density at radius 2 is 2.08 bits per heavy atom. The lowest BCUT2D eigenvalue weighted by Gasteiger charge is -2.27. The minimum Gasteiger partial charge on any atom is -0.423 e. The molecule has 0 aromatic heterocycles. The van der Waals surface area contributed by atoms with Gasteiger partial charge in [-0.2, -0.15) is 31.5 Å². The Morgan fingerprint density at radius 1 is 1.42 bits per heavy atom. The lowest BCUT2D eigenvalue weighted by atomic mass is 10.1. The smallest absolute Gasteiger partial charge is 0.423 e. The van der Waals surface area contributed by atoms with Crippen LogP contribution in [0.3, 0.4) is 0 Å². The predicted octanol–water partition coefficient (Wildman–Crippen LogP) is 2.34. The van der Waals surface area contributed by atoms with Gasteiger partial charge in [0.25, 0.3) is 5.72 Å². The molecule has 1 N–H and O–H groups in total. The molecule has 2 aliphatic heterocycles. The van der Waals surface area contributed by atoms with Crippen molar-refractivity contribution in [2.45, 2.75) is 37.5 Å². The minimum absolute atomic E-state index is 0.0149. The minimum atomic E-state index is -5.19. The quantitative estimate of drug-likeness (QED) is 0.617. The first kappa shape index (κ1) is 18.5. The largest absolute Gasteiger partial charge is 0.491 e. The lowest BCUT2D eigenvalue weighted by Crippen LogP contribution is -2.44. The van der Waals surface area contributed by atoms with Crippen LogP contribution in [-0.2, 0) is 9.53 Å². The number of ether oxygens (including phenoxy) is 1. The highest BCUT2D eigenvalue weighted by Gasteiger charge is 2.48. The first-order valence-electron chi connectivity index (χ1n) is 6.87. The second kappa shape index (κ2) is 6.22. The van der Waals surface area contributed by atoms with Crippen molar-refractivity contribution < 1.29 is 35.9 Å². The van der Waals surface area contributed by atoms with Gasteiger partial charge in [0.05, 0.1) is 12.7 Å². The van der Waals surface area contributed by atoms with E-state index in [1.165, 1.54) is 4.90 Å². The molecule has 6 nitrogen and oxygen atoms in total. The van der Waals surface area contributed by atoms with E-state index >= 15 is 0 Å². The summed E-state index contributed by atoms with van der Waals surface area (Å²) in [5.41, 5.74) is -2.00. The Morgan fingerprint density at radius 3 is 2.67 bits per heavy atom. The summed E-state index contributed by atoms with van der Waals surface area (Å²) in [7, 11) is 0. The van der Waals surface area contributed by atoms with Crippen molar-refractivity contribution in [1.29, 1.82) is 0 Å². The number of alkyl halides is 6. The molecule has 136 valence electrons. The molecule has 0 aromatic carbocycles. The molecule has 1 saturated heterocycles. The standard InChI is InChI=1S/C12H14F6N4O2/c1-10(24-9(23)12(16,17)18)8(4-19-21-10)20-7-2-3-22(5-7)6-11(13,14)15/h4,7,20H,2-3,5-6H2,1H3. The van der Waals surface area contributed by atoms with Crippen LogP contribution in [0.5, 0.6) is 0 Å². The Labute approximate surface area is 132 Å². The van der Waals surface area contributed by atoms with E-state index in [9.17, 15) is 31.1 Å². The van der Waals surface area contributed by atoms with Gasteiger partial charge in [-0.1, -0.05) is 0 Å². The molecule has 2 unspecified atom stereocenters. The van der Waals surface area contributed by atoms with Crippen LogP contribution in [0.2, 0.25) is 0 Å². The van der Waals surface area contributed by atoms with Crippen molar-refractivity contribution >= 4 is 5.97 Å². The van der Waals surface area contributed by atoms with Gasteiger partial charge in [-0.3, -0.25) is 4.90 Å². The predicted molar refractivity (Wildman–Crippen MR) is 67.5 cm³/mol. The van der Waals surface area contributed by atoms with Gasteiger partial charge in [-0.15, -0.1) is 5.11 Å². The molecule has 0 spiro atoms. The summed E-state index contributed by atoms with van der Waals surface area (Å²) in [6, 6.07) is -0.453. The fourth-order valence-corrected chi connectivity index (χ4v) is 2.42. The Balaban J connectivity index is 1.94. The monoisotopic (exact) mass is 360 g/mol. The van der Waals surface area contributed by atoms with Gasteiger partial charge in [0.15, 0.2) is 0 Å². The molecule has 0 radical (unpaired) electrons. The van der Waals surface area contributed by atoms with E-state index in [4.69, 9.17) is 0 Å². The maximum Gasteiger partial charge on any atom is 0.491 e. The fraction of sp³-hybridized carbons (Fsp3) is 0.750. The average molecular weight is 360 g/mol. The number of rotatable bonds is 4. The first-order valence-corrected chi connectivity index (χ1v) is 6.87. The summed E-state index contributed by atoms with van der Waals surface area (Å²) >= 11 is 0. The topological polar surface area (TPSA) is 66.3 Å². The number of carbonyl (C=O) groups is 1. The normalized spacial score (nSPS) is 28.1. The maximum atomic E-state index is 12.4. The molecular formula is C12H14F6N4O2. The molecule has 24 heavy (non-hydrogen) atoms. The van der Waals surface area contributed by atoms with Crippen LogP contribution in [0.25, 0.3) is 0 Å². The van der Waals surface area contributed by atoms with Crippen LogP contribution in [-0.4, -0.2) is 54.6 Å². The van der Waals surface area contributed by atoms with Crippen LogP contribution >= 0.6 is 0 Å². The summed E-state index contributed by atoms with van der Waals surface area (Å²) in [6.45, 7) is 0.256. The third kappa shape index (κ3) is 4.58. The van der Waals surface area contributed by atoms with Gasteiger partial charge in [0, 0.05) is 26.1 Å². The van der Waals surface area contributed by atoms with Gasteiger partial charge in [0.1, 0.15) is 5.70 Å². The first-order chi connectivity index (χ1) is 10.9. The maximum absolute atomic E-state index is 12.4. The zero-order valence-electron chi connectivity index (χ0n) is 12.4. The van der Waals surface area contributed by atoms with Crippen molar-refractivity contribution in [2.24, 2.45) is 10.2 Å². The van der Waals surface area contributed by atoms with Crippen LogP contribution in [0, 0.1) is 0 Å². The number of hydrogen-bond donors (Lipinski definition) is 1. The summed E-state index contributed by atoms with van der Waals surface area (Å²) in [5, 5.41) is 9.65. The zero-order valence-corrected chi connectivity index (χ0v) is 12.4. The third-order valence-corrected chi connectivity index (χ3v) is 3.49. The van der Waals surface area contributed by atoms with E-state index in [0.29, 0.717) is 6.42 Å². The highest BCUT2D eigenvalue weighted by Crippen LogP contribution is 2.31. The highest BCUT2D eigenvalue weighted by molar-refractivity contribution is 5.76. The van der Waals surface area contributed by atoms with Crippen molar-refractivity contribution in [3.8, 4) is 0 Å². The molecule has 0 aromatic rings. The average Bonchev–Trinajstić information content (AvgIpc) is 2.95. The van der Waals surface area contributed by atoms with E-state index < -0.39 is 36.6 Å². The third-order valence-electron chi connectivity index (χ3n) is 3.49. The van der Waals surface area contributed by atoms with Crippen LogP contribution in [0.15, 0.2) is 22.1 Å². The Bertz CT molecular complexity index is 559. The van der Waals surface area contributed by atoms with Gasteiger partial charge < -0.3 is 10.1 Å². The van der Waals surface area contributed by atoms with Crippen molar-refractivity contribution in [2.75, 3.05) is 19.6 Å². The Kier molecular flexibility index (Phi) is 4.79. The van der Waals surface area contributed by atoms with Gasteiger partial charge in [0.2, 0.25) is 0 Å². The second-order valence-corrected chi connectivity index (χ2v) is 5.61. The number of nitrogens with zero attached hydrogens (tertiary/aromatic N) is 3. The molecule has 0 aliphatic carbocycles. The SMILES string of the molecule is CC1(OC(=O)C(F)(F)F)N=NC=C1NC1CCN(CC(F)(F)F)C1. The van der Waals surface area contributed by atoms with Crippen LogP contribution in [0.1, 0.15) is 13.3 Å². The fourth-order valence-electron chi connectivity index (χ4n) is 2.42. The summed E-state index contributed by atoms with van der Waals surface area (Å²) in [5.74, 6) is -2.43. The van der Waals surface area contributed by atoms with E-state index in [1.54, 1.807) is 0 Å². The van der Waals surface area contributed by atoms with Gasteiger partial charge >= 0.3 is 18.3 Å². The number of halogens is 6. The molecule has 1 fully saturated rings. The number of nitrogens with one attached hydrogen (secondary N) is 1. The lowest BCUT2D eigenvalue weighted by molar-refractivity contribution is -0.209. The number of hydrogen-bond acceptors (Lipinski definition) is 6. The summed E-state index contributed by atoms with van der Waals surface area (Å²) in [6.07, 6.45) is -8.10. The van der Waals surface area contributed by atoms with E-state index in [0.717, 1.165) is 13.1 Å². The Hall–Kier alpha value is -1.85. The second-order valence-electron chi connectivity index (χ2n) is 5.61. The van der Waals surface area contributed by atoms with E-state index in [1.807, 2.05) is 0 Å². The molecule has 0 amide bonds. The number of azo groups is 1. The molecule has 12 heteroatoms. The molecule has 2 heterocycles. The van der Waals surface area contributed by atoms with Gasteiger partial charge in [-0.25, -0.2) is 4.79 Å². The molecule has 2 aliphatic rings. The summed E-state index contributed by atoms with van der Waals surface area (Å²) in [4.78, 5) is 12.1. The van der Waals surface area contributed by atoms with Crippen LogP contribution in [0.4, 0.5) is 26.3 Å². The highest BCUT2D eigenvalue weighted by atomic mass is 19.4. The molecule has 0 saturated carbocycles. The molecule has 0 bridgehead atoms. The number of esters is 1. The molecule has 2 rings (SSSR count). The molecule has 2 atom stereocenters.